The van der Waals surface area contributed by atoms with Crippen LogP contribution in [0.4, 0.5) is 22.0 Å². The highest BCUT2D eigenvalue weighted by atomic mass is 19.4. The lowest BCUT2D eigenvalue weighted by atomic mass is 9.91. The number of halogens is 5. The van der Waals surface area contributed by atoms with Crippen LogP contribution in [0, 0.1) is 0 Å². The molecular formula is C16H12F5N3. The van der Waals surface area contributed by atoms with E-state index in [1.807, 2.05) is 0 Å². The molecule has 4 rings (SSSR count). The van der Waals surface area contributed by atoms with E-state index in [1.54, 1.807) is 18.2 Å². The SMILES string of the molecule is FC(F)(F)C(F)(F)c1n[nH]c(=C2CCC2)c2cccc3[nH]cc1c32. The van der Waals surface area contributed by atoms with Crippen LogP contribution in [0.15, 0.2) is 24.4 Å². The van der Waals surface area contributed by atoms with Gasteiger partial charge < -0.3 is 4.98 Å². The molecule has 2 heterocycles. The third kappa shape index (κ3) is 1.98. The highest BCUT2D eigenvalue weighted by molar-refractivity contribution is 6.09. The molecule has 0 radical (unpaired) electrons. The van der Waals surface area contributed by atoms with E-state index in [9.17, 15) is 22.0 Å². The fourth-order valence-electron chi connectivity index (χ4n) is 3.06. The Labute approximate surface area is 132 Å². The number of hydrogen-bond acceptors (Lipinski definition) is 1. The fraction of sp³-hybridized carbons (Fsp3) is 0.312. The van der Waals surface area contributed by atoms with Gasteiger partial charge in [-0.25, -0.2) is 0 Å². The zero-order valence-corrected chi connectivity index (χ0v) is 12.3. The van der Waals surface area contributed by atoms with Crippen molar-refractivity contribution in [1.82, 2.24) is 15.2 Å². The van der Waals surface area contributed by atoms with Crippen LogP contribution in [0.5, 0.6) is 0 Å². The molecule has 0 spiro atoms. The van der Waals surface area contributed by atoms with Crippen molar-refractivity contribution in [2.75, 3.05) is 0 Å². The van der Waals surface area contributed by atoms with E-state index in [0.717, 1.165) is 31.0 Å². The highest BCUT2D eigenvalue weighted by Crippen LogP contribution is 2.45. The van der Waals surface area contributed by atoms with Crippen LogP contribution in [-0.4, -0.2) is 21.4 Å². The Balaban J connectivity index is 2.20. The normalized spacial score (nSPS) is 16.0. The van der Waals surface area contributed by atoms with Gasteiger partial charge in [0.1, 0.15) is 5.69 Å². The quantitative estimate of drug-likeness (QED) is 0.637. The molecule has 0 aliphatic heterocycles. The summed E-state index contributed by atoms with van der Waals surface area (Å²) in [6, 6.07) is 5.07. The maximum absolute atomic E-state index is 14.0. The van der Waals surface area contributed by atoms with E-state index < -0.39 is 17.8 Å². The molecule has 1 aromatic carbocycles. The van der Waals surface area contributed by atoms with Gasteiger partial charge in [0, 0.05) is 27.9 Å². The highest BCUT2D eigenvalue weighted by Gasteiger charge is 2.60. The summed E-state index contributed by atoms with van der Waals surface area (Å²) in [5, 5.41) is 7.18. The molecule has 2 aromatic heterocycles. The zero-order valence-electron chi connectivity index (χ0n) is 12.3. The van der Waals surface area contributed by atoms with E-state index >= 15 is 0 Å². The van der Waals surface area contributed by atoms with E-state index in [0.29, 0.717) is 21.6 Å². The minimum atomic E-state index is -5.72. The van der Waals surface area contributed by atoms with Crippen molar-refractivity contribution in [1.29, 1.82) is 0 Å². The van der Waals surface area contributed by atoms with Crippen molar-refractivity contribution in [2.24, 2.45) is 0 Å². The van der Waals surface area contributed by atoms with Gasteiger partial charge in [-0.3, -0.25) is 5.10 Å². The van der Waals surface area contributed by atoms with E-state index in [2.05, 4.69) is 15.2 Å². The third-order valence-corrected chi connectivity index (χ3v) is 4.47. The van der Waals surface area contributed by atoms with Crippen LogP contribution < -0.4 is 5.35 Å². The van der Waals surface area contributed by atoms with Gasteiger partial charge in [-0.1, -0.05) is 12.1 Å². The summed E-state index contributed by atoms with van der Waals surface area (Å²) in [4.78, 5) is 2.76. The van der Waals surface area contributed by atoms with Gasteiger partial charge in [0.2, 0.25) is 0 Å². The summed E-state index contributed by atoms with van der Waals surface area (Å²) in [6.07, 6.45) is -2.05. The molecule has 1 aliphatic carbocycles. The Morgan fingerprint density at radius 3 is 2.38 bits per heavy atom. The van der Waals surface area contributed by atoms with Crippen molar-refractivity contribution in [2.45, 2.75) is 31.4 Å². The minimum absolute atomic E-state index is 0.231. The Kier molecular flexibility index (Phi) is 3.04. The first kappa shape index (κ1) is 15.2. The predicted molar refractivity (Wildman–Crippen MR) is 79.2 cm³/mol. The Hall–Kier alpha value is -2.38. The molecule has 0 bridgehead atoms. The fourth-order valence-corrected chi connectivity index (χ4v) is 3.06. The van der Waals surface area contributed by atoms with E-state index in [4.69, 9.17) is 0 Å². The molecule has 0 saturated heterocycles. The van der Waals surface area contributed by atoms with Crippen LogP contribution >= 0.6 is 0 Å². The van der Waals surface area contributed by atoms with Gasteiger partial charge in [0.05, 0.1) is 5.35 Å². The molecule has 8 heteroatoms. The Morgan fingerprint density at radius 1 is 1.00 bits per heavy atom. The summed E-state index contributed by atoms with van der Waals surface area (Å²) in [7, 11) is 0. The second-order valence-corrected chi connectivity index (χ2v) is 5.91. The van der Waals surface area contributed by atoms with Crippen LogP contribution in [0.3, 0.4) is 0 Å². The summed E-state index contributed by atoms with van der Waals surface area (Å²) in [5.41, 5.74) is 0.160. The zero-order chi connectivity index (χ0) is 17.1. The lowest BCUT2D eigenvalue weighted by Crippen LogP contribution is -2.34. The van der Waals surface area contributed by atoms with Crippen molar-refractivity contribution in [3.05, 3.63) is 35.4 Å². The van der Waals surface area contributed by atoms with Crippen LogP contribution in [0.1, 0.15) is 25.0 Å². The molecule has 3 aromatic rings. The van der Waals surface area contributed by atoms with Gasteiger partial charge in [0.25, 0.3) is 0 Å². The lowest BCUT2D eigenvalue weighted by molar-refractivity contribution is -0.290. The maximum Gasteiger partial charge on any atom is 0.459 e. The van der Waals surface area contributed by atoms with Crippen LogP contribution in [-0.2, 0) is 5.92 Å². The number of nitrogens with zero attached hydrogens (tertiary/aromatic N) is 1. The van der Waals surface area contributed by atoms with Crippen LogP contribution in [0.2, 0.25) is 0 Å². The van der Waals surface area contributed by atoms with Crippen molar-refractivity contribution in [3.8, 4) is 0 Å². The molecule has 1 saturated carbocycles. The van der Waals surface area contributed by atoms with Crippen LogP contribution in [0.25, 0.3) is 27.2 Å². The number of benzene rings is 1. The average Bonchev–Trinajstić information content (AvgIpc) is 2.79. The van der Waals surface area contributed by atoms with Gasteiger partial charge in [-0.2, -0.15) is 27.1 Å². The predicted octanol–water partition coefficient (Wildman–Crippen LogP) is 4.31. The van der Waals surface area contributed by atoms with Gasteiger partial charge in [-0.15, -0.1) is 0 Å². The molecule has 0 atom stereocenters. The van der Waals surface area contributed by atoms with E-state index in [-0.39, 0.29) is 5.39 Å². The smallest absolute Gasteiger partial charge is 0.360 e. The lowest BCUT2D eigenvalue weighted by Gasteiger charge is -2.18. The number of H-pyrrole nitrogens is 2. The Morgan fingerprint density at radius 2 is 1.75 bits per heavy atom. The number of aromatic nitrogens is 3. The molecule has 126 valence electrons. The summed E-state index contributed by atoms with van der Waals surface area (Å²) in [5.74, 6) is -5.05. The second kappa shape index (κ2) is 4.81. The maximum atomic E-state index is 14.0. The summed E-state index contributed by atoms with van der Waals surface area (Å²) >= 11 is 0. The molecule has 0 amide bonds. The minimum Gasteiger partial charge on any atom is -0.360 e. The Bertz CT molecular complexity index is 1000. The average molecular weight is 341 g/mol. The second-order valence-electron chi connectivity index (χ2n) is 5.91. The van der Waals surface area contributed by atoms with Crippen molar-refractivity contribution < 1.29 is 22.0 Å². The number of aromatic amines is 2. The number of rotatable bonds is 1. The third-order valence-electron chi connectivity index (χ3n) is 4.47. The van der Waals surface area contributed by atoms with Gasteiger partial charge in [-0.05, 0) is 30.9 Å². The topological polar surface area (TPSA) is 44.5 Å². The number of alkyl halides is 5. The van der Waals surface area contributed by atoms with Gasteiger partial charge >= 0.3 is 12.1 Å². The number of nitrogens with one attached hydrogen (secondary N) is 2. The van der Waals surface area contributed by atoms with Gasteiger partial charge in [0.15, 0.2) is 0 Å². The molecule has 3 nitrogen and oxygen atoms in total. The molecule has 1 aliphatic rings. The monoisotopic (exact) mass is 341 g/mol. The molecule has 0 unspecified atom stereocenters. The standard InChI is InChI=1S/C16H12F5N3/c17-15(18,16(19,20)21)14-10-7-22-11-6-2-5-9(12(10)11)13(23-24-14)8-3-1-4-8/h2,5-7,22-23H,1,3-4H2. The van der Waals surface area contributed by atoms with Crippen molar-refractivity contribution >= 4 is 27.2 Å². The largest absolute Gasteiger partial charge is 0.459 e. The summed E-state index contributed by atoms with van der Waals surface area (Å²) in [6.45, 7) is 0. The summed E-state index contributed by atoms with van der Waals surface area (Å²) < 4.78 is 66.6. The van der Waals surface area contributed by atoms with E-state index in [1.165, 1.54) is 0 Å². The molecule has 1 fully saturated rings. The first-order valence-electron chi connectivity index (χ1n) is 7.42. The first-order valence-corrected chi connectivity index (χ1v) is 7.42. The molecule has 24 heavy (non-hydrogen) atoms. The molecule has 2 N–H and O–H groups in total. The molecular weight excluding hydrogens is 329 g/mol. The number of hydrogen-bond donors (Lipinski definition) is 2. The first-order chi connectivity index (χ1) is 11.3. The van der Waals surface area contributed by atoms with Crippen molar-refractivity contribution in [3.63, 3.8) is 0 Å².